The number of unbranched alkanes of at least 4 members (excludes halogenated alkanes) is 5. The highest BCUT2D eigenvalue weighted by molar-refractivity contribution is 14.0. The van der Waals surface area contributed by atoms with Crippen molar-refractivity contribution < 1.29 is 8.42 Å². The van der Waals surface area contributed by atoms with Crippen LogP contribution in [0.2, 0.25) is 0 Å². The standard InChI is InChI=1S/C20H36N6O2S.HI/c1-2-3-4-5-6-8-12-23-20(21)24-13-18-29(27,28)26-16-14-25(15-17-26)19-10-7-9-11-22-19;/h7,9-11H,2-6,8,12-18H2,1H3,(H3,21,23,24);1H. The smallest absolute Gasteiger partial charge is 0.215 e. The van der Waals surface area contributed by atoms with Gasteiger partial charge < -0.3 is 16.0 Å². The Morgan fingerprint density at radius 1 is 1.13 bits per heavy atom. The summed E-state index contributed by atoms with van der Waals surface area (Å²) < 4.78 is 26.7. The summed E-state index contributed by atoms with van der Waals surface area (Å²) in [5.41, 5.74) is 5.84. The number of guanidine groups is 1. The van der Waals surface area contributed by atoms with E-state index in [1.54, 1.807) is 10.5 Å². The lowest BCUT2D eigenvalue weighted by Crippen LogP contribution is -2.50. The molecule has 1 aliphatic rings. The molecule has 0 saturated carbocycles. The van der Waals surface area contributed by atoms with E-state index in [-0.39, 0.29) is 36.3 Å². The summed E-state index contributed by atoms with van der Waals surface area (Å²) in [5.74, 6) is 1.23. The highest BCUT2D eigenvalue weighted by atomic mass is 127. The monoisotopic (exact) mass is 552 g/mol. The summed E-state index contributed by atoms with van der Waals surface area (Å²) >= 11 is 0. The maximum absolute atomic E-state index is 12.6. The second-order valence-corrected chi connectivity index (χ2v) is 9.44. The van der Waals surface area contributed by atoms with Crippen LogP contribution in [0.4, 0.5) is 5.82 Å². The van der Waals surface area contributed by atoms with Gasteiger partial charge in [0.1, 0.15) is 5.82 Å². The third kappa shape index (κ3) is 9.78. The summed E-state index contributed by atoms with van der Waals surface area (Å²) in [5, 5.41) is 2.93. The number of pyridine rings is 1. The molecule has 1 aromatic rings. The average molecular weight is 553 g/mol. The van der Waals surface area contributed by atoms with Gasteiger partial charge in [-0.05, 0) is 18.6 Å². The number of nitrogens with zero attached hydrogens (tertiary/aromatic N) is 4. The van der Waals surface area contributed by atoms with Crippen LogP contribution < -0.4 is 16.0 Å². The lowest BCUT2D eigenvalue weighted by molar-refractivity contribution is 0.384. The number of halogens is 1. The SMILES string of the molecule is CCCCCCCCN=C(N)NCCS(=O)(=O)N1CCN(c2ccccn2)CC1.I. The summed E-state index contributed by atoms with van der Waals surface area (Å²) in [6.07, 6.45) is 8.99. The third-order valence-electron chi connectivity index (χ3n) is 5.07. The van der Waals surface area contributed by atoms with Gasteiger partial charge in [-0.3, -0.25) is 4.99 Å². The van der Waals surface area contributed by atoms with E-state index in [0.29, 0.717) is 38.7 Å². The van der Waals surface area contributed by atoms with Gasteiger partial charge in [0, 0.05) is 45.5 Å². The van der Waals surface area contributed by atoms with Crippen LogP contribution >= 0.6 is 24.0 Å². The summed E-state index contributed by atoms with van der Waals surface area (Å²) in [6.45, 7) is 5.40. The number of nitrogens with one attached hydrogen (secondary N) is 1. The van der Waals surface area contributed by atoms with Gasteiger partial charge in [-0.25, -0.2) is 13.4 Å². The first-order chi connectivity index (χ1) is 14.0. The minimum Gasteiger partial charge on any atom is -0.370 e. The van der Waals surface area contributed by atoms with Crippen LogP contribution in [0.3, 0.4) is 0 Å². The Morgan fingerprint density at radius 3 is 2.50 bits per heavy atom. The minimum atomic E-state index is -3.31. The van der Waals surface area contributed by atoms with Crippen molar-refractivity contribution in [3.05, 3.63) is 24.4 Å². The fraction of sp³-hybridized carbons (Fsp3) is 0.700. The number of hydrogen-bond acceptors (Lipinski definition) is 5. The molecule has 0 radical (unpaired) electrons. The van der Waals surface area contributed by atoms with Crippen LogP contribution in [0.25, 0.3) is 0 Å². The first-order valence-electron chi connectivity index (χ1n) is 10.7. The zero-order chi connectivity index (χ0) is 21.0. The van der Waals surface area contributed by atoms with Crippen LogP contribution in [0.15, 0.2) is 29.4 Å². The number of rotatable bonds is 12. The summed E-state index contributed by atoms with van der Waals surface area (Å²) in [4.78, 5) is 10.7. The largest absolute Gasteiger partial charge is 0.370 e. The molecule has 0 amide bonds. The molecule has 30 heavy (non-hydrogen) atoms. The van der Waals surface area contributed by atoms with Crippen molar-refractivity contribution in [3.63, 3.8) is 0 Å². The Morgan fingerprint density at radius 2 is 1.83 bits per heavy atom. The van der Waals surface area contributed by atoms with Crippen molar-refractivity contribution in [3.8, 4) is 0 Å². The predicted octanol–water partition coefficient (Wildman–Crippen LogP) is 2.42. The topological polar surface area (TPSA) is 104 Å². The molecule has 2 rings (SSSR count). The molecule has 172 valence electrons. The van der Waals surface area contributed by atoms with Crippen LogP contribution in [0.5, 0.6) is 0 Å². The number of hydrogen-bond donors (Lipinski definition) is 2. The van der Waals surface area contributed by atoms with Crippen LogP contribution in [-0.4, -0.2) is 68.7 Å². The minimum absolute atomic E-state index is 0. The van der Waals surface area contributed by atoms with Crippen molar-refractivity contribution in [1.82, 2.24) is 14.6 Å². The molecule has 1 aromatic heterocycles. The molecule has 1 fully saturated rings. The molecule has 0 bridgehead atoms. The number of aromatic nitrogens is 1. The molecule has 8 nitrogen and oxygen atoms in total. The molecule has 0 aliphatic carbocycles. The van der Waals surface area contributed by atoms with Gasteiger partial charge in [-0.2, -0.15) is 4.31 Å². The average Bonchev–Trinajstić information content (AvgIpc) is 2.74. The van der Waals surface area contributed by atoms with Crippen LogP contribution in [-0.2, 0) is 10.0 Å². The number of nitrogens with two attached hydrogens (primary N) is 1. The Hall–Kier alpha value is -1.14. The zero-order valence-electron chi connectivity index (χ0n) is 18.0. The van der Waals surface area contributed by atoms with Crippen LogP contribution in [0.1, 0.15) is 45.4 Å². The molecular formula is C20H37IN6O2S. The van der Waals surface area contributed by atoms with Crippen molar-refractivity contribution in [2.75, 3.05) is 49.9 Å². The maximum Gasteiger partial charge on any atom is 0.215 e. The van der Waals surface area contributed by atoms with Crippen molar-refractivity contribution in [1.29, 1.82) is 0 Å². The molecule has 2 heterocycles. The van der Waals surface area contributed by atoms with Gasteiger partial charge in [0.25, 0.3) is 0 Å². The van der Waals surface area contributed by atoms with E-state index >= 15 is 0 Å². The second kappa shape index (κ2) is 14.8. The number of aliphatic imine (C=N–C) groups is 1. The highest BCUT2D eigenvalue weighted by Gasteiger charge is 2.26. The molecule has 1 aliphatic heterocycles. The van der Waals surface area contributed by atoms with E-state index in [9.17, 15) is 8.42 Å². The number of sulfonamides is 1. The van der Waals surface area contributed by atoms with Crippen molar-refractivity contribution in [2.24, 2.45) is 10.7 Å². The molecule has 0 aromatic carbocycles. The second-order valence-electron chi connectivity index (χ2n) is 7.35. The molecule has 0 atom stereocenters. The van der Waals surface area contributed by atoms with Gasteiger partial charge in [-0.1, -0.05) is 45.1 Å². The first-order valence-corrected chi connectivity index (χ1v) is 12.3. The fourth-order valence-electron chi connectivity index (χ4n) is 3.32. The van der Waals surface area contributed by atoms with Gasteiger partial charge in [0.05, 0.1) is 5.75 Å². The van der Waals surface area contributed by atoms with Crippen LogP contribution in [0, 0.1) is 0 Å². The normalized spacial score (nSPS) is 15.6. The summed E-state index contributed by atoms with van der Waals surface area (Å²) in [6, 6.07) is 5.76. The first kappa shape index (κ1) is 26.9. The predicted molar refractivity (Wildman–Crippen MR) is 135 cm³/mol. The Kier molecular flexibility index (Phi) is 13.3. The Labute approximate surface area is 198 Å². The Bertz CT molecular complexity index is 709. The van der Waals surface area contributed by atoms with Gasteiger partial charge in [0.2, 0.25) is 10.0 Å². The van der Waals surface area contributed by atoms with E-state index < -0.39 is 10.0 Å². The molecule has 3 N–H and O–H groups in total. The highest BCUT2D eigenvalue weighted by Crippen LogP contribution is 2.14. The van der Waals surface area contributed by atoms with Crippen molar-refractivity contribution >= 4 is 45.8 Å². The molecular weight excluding hydrogens is 515 g/mol. The van der Waals surface area contributed by atoms with E-state index in [4.69, 9.17) is 5.73 Å². The molecule has 1 saturated heterocycles. The van der Waals surface area contributed by atoms with E-state index in [1.165, 1.54) is 25.7 Å². The van der Waals surface area contributed by atoms with Gasteiger partial charge in [-0.15, -0.1) is 24.0 Å². The number of piperazine rings is 1. The maximum atomic E-state index is 12.6. The van der Waals surface area contributed by atoms with E-state index in [0.717, 1.165) is 18.7 Å². The fourth-order valence-corrected chi connectivity index (χ4v) is 4.66. The lowest BCUT2D eigenvalue weighted by atomic mass is 10.1. The molecule has 0 unspecified atom stereocenters. The lowest BCUT2D eigenvalue weighted by Gasteiger charge is -2.34. The molecule has 0 spiro atoms. The quantitative estimate of drug-likeness (QED) is 0.179. The molecule has 10 heteroatoms. The van der Waals surface area contributed by atoms with Gasteiger partial charge in [0.15, 0.2) is 5.96 Å². The number of anilines is 1. The van der Waals surface area contributed by atoms with E-state index in [1.807, 2.05) is 18.2 Å². The third-order valence-corrected chi connectivity index (χ3v) is 6.94. The van der Waals surface area contributed by atoms with Crippen molar-refractivity contribution in [2.45, 2.75) is 45.4 Å². The van der Waals surface area contributed by atoms with E-state index in [2.05, 4.69) is 27.1 Å². The zero-order valence-corrected chi connectivity index (χ0v) is 21.1. The Balaban J connectivity index is 0.00000450. The summed E-state index contributed by atoms with van der Waals surface area (Å²) in [7, 11) is -3.31. The van der Waals surface area contributed by atoms with Gasteiger partial charge >= 0.3 is 0 Å².